The SMILES string of the molecule is CCCCC(CCCC(C)C)CCC1(CCC(C)CCCC(C)C)Oc2cc(/C=C3\C(=O)c4cc(F)c(F)cc4C3=C(C#N)C#N)sc2-c2sc(-c3c4c(c(-c5cc6c(s5)-c5sc(/C=C7\C(=O)c8cc(F)c(F)cc8C7=C(C#N)C#N)cc5OC6(CCC(C)CCCC(C)C)CCC(C)CCCC(C)C)c5nn(CC(C)CC)nc35)N=S=N4)cc21. The molecule has 8 heterocycles. The molecule has 630 valence electrons. The smallest absolute Gasteiger partial charge is 0.194 e. The van der Waals surface area contributed by atoms with Gasteiger partial charge in [0, 0.05) is 64.1 Å². The number of aromatic nitrogens is 3. The maximum absolute atomic E-state index is 15.2. The maximum Gasteiger partial charge on any atom is 0.194 e. The zero-order valence-corrected chi connectivity index (χ0v) is 75.9. The lowest BCUT2D eigenvalue weighted by Gasteiger charge is -2.40. The largest absolute Gasteiger partial charge is 0.481 e. The first-order valence-electron chi connectivity index (χ1n) is 43.6. The standard InChI is InChI=1S/C98H111F4N9O4S5/c1-15-17-29-62(30-21-25-57(9)10)34-38-98(37-33-61(14)28-20-24-56(7)8)74-48-82(119-94(74)96-80(115-98)42-66(117-96)40-72-84(64(51-105)52-106)68-44-76(100)78(102)46-70(68)92(72)113)86-88-87(107-111(108-88)53-58(11)16-2)85(89-90(86)110-120-109-89)81-47-73-93(118-81)95-79(114-97(73,35-31-59(12)26-18-22-54(3)4)36-32-60(13)27-19-23-55(5)6)41-65(116-95)39-71-83(63(49-103)50-104)67-43-75(99)77(101)45-69(67)91(71)112/h39-48,54-62H,15-38,53H2,1-14H3/b71-39-,72-40-. The maximum atomic E-state index is 15.2. The lowest BCUT2D eigenvalue weighted by molar-refractivity contribution is 0.0311. The minimum Gasteiger partial charge on any atom is -0.481 e. The molecule has 8 aromatic rings. The van der Waals surface area contributed by atoms with Crippen LogP contribution >= 0.6 is 45.3 Å². The van der Waals surface area contributed by atoms with Crippen molar-refractivity contribution in [3.05, 3.63) is 137 Å². The second-order valence-corrected chi connectivity index (χ2v) is 41.2. The topological polar surface area (TPSA) is 203 Å². The van der Waals surface area contributed by atoms with Gasteiger partial charge >= 0.3 is 0 Å². The van der Waals surface area contributed by atoms with Gasteiger partial charge in [0.2, 0.25) is 0 Å². The molecule has 120 heavy (non-hydrogen) atoms. The average molecular weight is 1720 g/mol. The van der Waals surface area contributed by atoms with Gasteiger partial charge in [-0.25, -0.2) is 17.6 Å². The van der Waals surface area contributed by atoms with E-state index >= 15 is 17.6 Å². The van der Waals surface area contributed by atoms with E-state index in [9.17, 15) is 30.6 Å². The second kappa shape index (κ2) is 38.4. The summed E-state index contributed by atoms with van der Waals surface area (Å²) in [5.41, 5.74) is 3.34. The third-order valence-electron chi connectivity index (χ3n) is 25.2. The summed E-state index contributed by atoms with van der Waals surface area (Å²) in [5.74, 6) is -0.791. The van der Waals surface area contributed by atoms with E-state index < -0.39 is 57.2 Å². The van der Waals surface area contributed by atoms with Gasteiger partial charge in [0.05, 0.1) is 48.5 Å². The second-order valence-electron chi connectivity index (χ2n) is 36.4. The highest BCUT2D eigenvalue weighted by atomic mass is 32.1. The van der Waals surface area contributed by atoms with Gasteiger partial charge in [-0.05, 0) is 176 Å². The van der Waals surface area contributed by atoms with Gasteiger partial charge in [0.25, 0.3) is 0 Å². The number of unbranched alkanes of at least 4 members (excludes halogenated alkanes) is 1. The number of benzene rings is 3. The van der Waals surface area contributed by atoms with Crippen LogP contribution in [0.5, 0.6) is 11.5 Å². The van der Waals surface area contributed by atoms with E-state index in [2.05, 4.69) is 109 Å². The number of nitrogens with zero attached hydrogens (tertiary/aromatic N) is 9. The van der Waals surface area contributed by atoms with Gasteiger partial charge in [-0.2, -0.15) is 44.8 Å². The lowest BCUT2D eigenvalue weighted by Crippen LogP contribution is -2.36. The number of carbonyl (C=O) groups is 2. The monoisotopic (exact) mass is 1710 g/mol. The number of allylic oxidation sites excluding steroid dienone is 6. The molecule has 0 fully saturated rings. The molecular formula is C98H111F4N9O4S5. The number of carbonyl (C=O) groups excluding carboxylic acids is 2. The van der Waals surface area contributed by atoms with Crippen LogP contribution in [0.2, 0.25) is 0 Å². The molecule has 0 amide bonds. The van der Waals surface area contributed by atoms with Crippen molar-refractivity contribution < 1.29 is 36.6 Å². The molecule has 0 spiro atoms. The molecule has 13 rings (SSSR count). The zero-order valence-electron chi connectivity index (χ0n) is 71.9. The van der Waals surface area contributed by atoms with Crippen molar-refractivity contribution in [1.29, 1.82) is 21.0 Å². The number of rotatable bonds is 38. The molecule has 2 aliphatic carbocycles. The van der Waals surface area contributed by atoms with Crippen LogP contribution in [0, 0.1) is 122 Å². The molecule has 6 unspecified atom stereocenters. The number of halogens is 4. The highest BCUT2D eigenvalue weighted by Gasteiger charge is 2.48. The van der Waals surface area contributed by atoms with Crippen molar-refractivity contribution in [2.24, 2.45) is 62.0 Å². The van der Waals surface area contributed by atoms with Gasteiger partial charge in [-0.1, -0.05) is 200 Å². The molecule has 5 aliphatic rings. The number of hydrogen-bond acceptors (Lipinski definition) is 16. The number of nitriles is 4. The van der Waals surface area contributed by atoms with Crippen LogP contribution in [0.15, 0.2) is 79.5 Å². The normalized spacial score (nSPS) is 18.1. The predicted molar refractivity (Wildman–Crippen MR) is 482 cm³/mol. The van der Waals surface area contributed by atoms with Crippen molar-refractivity contribution >= 4 is 114 Å². The summed E-state index contributed by atoms with van der Waals surface area (Å²) in [4.78, 5) is 37.7. The van der Waals surface area contributed by atoms with E-state index in [1.807, 2.05) is 41.2 Å². The third kappa shape index (κ3) is 18.8. The van der Waals surface area contributed by atoms with Crippen LogP contribution in [-0.4, -0.2) is 26.6 Å². The molecule has 6 atom stereocenters. The molecule has 3 aromatic carbocycles. The van der Waals surface area contributed by atoms with Gasteiger partial charge in [0.1, 0.15) is 80.5 Å². The molecular weight excluding hydrogens is 1600 g/mol. The molecule has 5 aromatic heterocycles. The molecule has 22 heteroatoms. The Kier molecular flexibility index (Phi) is 28.5. The lowest BCUT2D eigenvalue weighted by atomic mass is 9.77. The number of fused-ring (bicyclic) bond motifs is 10. The van der Waals surface area contributed by atoms with Crippen molar-refractivity contribution in [3.8, 4) is 76.2 Å². The highest BCUT2D eigenvalue weighted by molar-refractivity contribution is 7.58. The van der Waals surface area contributed by atoms with E-state index in [1.54, 1.807) is 34.8 Å². The first-order chi connectivity index (χ1) is 57.5. The molecule has 0 bridgehead atoms. The minimum atomic E-state index is -1.22. The fourth-order valence-corrected chi connectivity index (χ4v) is 23.6. The Balaban J connectivity index is 1.03. The zero-order chi connectivity index (χ0) is 85.8. The number of thiophene rings is 4. The molecule has 0 saturated carbocycles. The van der Waals surface area contributed by atoms with Crippen LogP contribution in [-0.2, 0) is 29.1 Å². The van der Waals surface area contributed by atoms with Gasteiger partial charge in [0.15, 0.2) is 34.8 Å². The molecule has 0 N–H and O–H groups in total. The van der Waals surface area contributed by atoms with Crippen LogP contribution in [0.3, 0.4) is 0 Å². The molecule has 13 nitrogen and oxygen atoms in total. The first-order valence-corrected chi connectivity index (χ1v) is 47.6. The van der Waals surface area contributed by atoms with Crippen LogP contribution in [0.4, 0.5) is 28.9 Å². The van der Waals surface area contributed by atoms with Crippen LogP contribution in [0.25, 0.3) is 74.7 Å². The Morgan fingerprint density at radius 1 is 0.450 bits per heavy atom. The summed E-state index contributed by atoms with van der Waals surface area (Å²) in [6.45, 7) is 32.5. The predicted octanol–water partition coefficient (Wildman–Crippen LogP) is 30.2. The van der Waals surface area contributed by atoms with E-state index in [0.29, 0.717) is 117 Å². The fourth-order valence-electron chi connectivity index (χ4n) is 18.1. The van der Waals surface area contributed by atoms with Gasteiger partial charge in [-0.15, -0.1) is 45.3 Å². The number of ketones is 2. The summed E-state index contributed by atoms with van der Waals surface area (Å²) in [5, 5.41) is 52.9. The summed E-state index contributed by atoms with van der Waals surface area (Å²) >= 11 is 7.26. The number of ether oxygens (including phenoxy) is 2. The van der Waals surface area contributed by atoms with Crippen molar-refractivity contribution in [2.45, 2.75) is 269 Å². The van der Waals surface area contributed by atoms with Crippen molar-refractivity contribution in [1.82, 2.24) is 15.0 Å². The molecule has 0 radical (unpaired) electrons. The quantitative estimate of drug-likeness (QED) is 0.0203. The fraction of sp³-hybridized carbons (Fsp3) is 0.510. The summed E-state index contributed by atoms with van der Waals surface area (Å²) in [6, 6.07) is 19.8. The van der Waals surface area contributed by atoms with Gasteiger partial charge < -0.3 is 9.47 Å². The van der Waals surface area contributed by atoms with Crippen molar-refractivity contribution in [2.75, 3.05) is 0 Å². The summed E-state index contributed by atoms with van der Waals surface area (Å²) in [6.07, 6.45) is 27.1. The van der Waals surface area contributed by atoms with Crippen LogP contribution in [0.1, 0.15) is 304 Å². The number of Topliss-reactive ketones (excluding diaryl/α,β-unsaturated/α-hetero) is 2. The van der Waals surface area contributed by atoms with Gasteiger partial charge in [-0.3, -0.25) is 9.59 Å². The Labute approximate surface area is 725 Å². The molecule has 0 saturated heterocycles. The average Bonchev–Trinajstić information content (AvgIpc) is 1.57. The number of hydrogen-bond donors (Lipinski definition) is 0. The Hall–Kier alpha value is -8.74. The van der Waals surface area contributed by atoms with E-state index in [0.717, 1.165) is 222 Å². The Morgan fingerprint density at radius 3 is 1.18 bits per heavy atom. The first kappa shape index (κ1) is 89.0. The summed E-state index contributed by atoms with van der Waals surface area (Å²) in [7, 11) is 0. The highest BCUT2D eigenvalue weighted by Crippen LogP contribution is 2.64. The minimum absolute atomic E-state index is 0.0167. The van der Waals surface area contributed by atoms with E-state index in [1.165, 1.54) is 22.7 Å². The molecule has 3 aliphatic heterocycles. The summed E-state index contributed by atoms with van der Waals surface area (Å²) < 4.78 is 87.1. The Bertz CT molecular complexity index is 5590. The van der Waals surface area contributed by atoms with Crippen LogP contribution < -0.4 is 9.47 Å². The third-order valence-corrected chi connectivity index (χ3v) is 30.5. The van der Waals surface area contributed by atoms with E-state index in [-0.39, 0.29) is 50.5 Å². The Morgan fingerprint density at radius 2 is 0.817 bits per heavy atom. The van der Waals surface area contributed by atoms with E-state index in [4.69, 9.17) is 28.4 Å². The van der Waals surface area contributed by atoms with Crippen molar-refractivity contribution in [3.63, 3.8) is 0 Å².